The zero-order valence-corrected chi connectivity index (χ0v) is 10.8. The summed E-state index contributed by atoms with van der Waals surface area (Å²) in [7, 11) is 1.23. The summed E-state index contributed by atoms with van der Waals surface area (Å²) < 4.78 is 47.4. The number of carbonyl (C=O) groups excluding carboxylic acids is 1. The maximum Gasteiger partial charge on any atom is 0.416 e. The van der Waals surface area contributed by atoms with E-state index < -0.39 is 17.7 Å². The molecule has 0 aliphatic rings. The van der Waals surface area contributed by atoms with Gasteiger partial charge in [0.05, 0.1) is 18.2 Å². The van der Waals surface area contributed by atoms with Crippen LogP contribution >= 0.6 is 0 Å². The number of hydrogen-bond donors (Lipinski definition) is 0. The second-order valence-electron chi connectivity index (χ2n) is 4.00. The fourth-order valence-electron chi connectivity index (χ4n) is 1.54. The molecular formula is C14H10F3NO3. The lowest BCUT2D eigenvalue weighted by molar-refractivity contribution is -0.137. The molecule has 2 aromatic rings. The van der Waals surface area contributed by atoms with Crippen molar-refractivity contribution < 1.29 is 27.4 Å². The molecule has 0 fully saturated rings. The van der Waals surface area contributed by atoms with E-state index in [4.69, 9.17) is 4.74 Å². The van der Waals surface area contributed by atoms with E-state index in [1.54, 1.807) is 0 Å². The molecule has 1 aromatic heterocycles. The van der Waals surface area contributed by atoms with Gasteiger partial charge in [0.1, 0.15) is 5.75 Å². The Hall–Kier alpha value is -2.57. The molecule has 0 unspecified atom stereocenters. The van der Waals surface area contributed by atoms with Gasteiger partial charge >= 0.3 is 12.1 Å². The number of rotatable bonds is 3. The first kappa shape index (κ1) is 14.8. The van der Waals surface area contributed by atoms with Crippen molar-refractivity contribution in [1.29, 1.82) is 0 Å². The summed E-state index contributed by atoms with van der Waals surface area (Å²) >= 11 is 0. The lowest BCUT2D eigenvalue weighted by Gasteiger charge is -2.09. The number of alkyl halides is 3. The summed E-state index contributed by atoms with van der Waals surface area (Å²) in [4.78, 5) is 15.0. The molecule has 0 bridgehead atoms. The Kier molecular flexibility index (Phi) is 4.11. The number of methoxy groups -OCH3 is 1. The minimum absolute atomic E-state index is 0.00291. The van der Waals surface area contributed by atoms with Gasteiger partial charge in [-0.05, 0) is 24.3 Å². The first-order valence-corrected chi connectivity index (χ1v) is 5.79. The monoisotopic (exact) mass is 297 g/mol. The molecule has 0 atom stereocenters. The fraction of sp³-hybridized carbons (Fsp3) is 0.143. The lowest BCUT2D eigenvalue weighted by Crippen LogP contribution is -2.04. The molecule has 0 N–H and O–H groups in total. The zero-order valence-electron chi connectivity index (χ0n) is 10.8. The van der Waals surface area contributed by atoms with Crippen molar-refractivity contribution in [3.8, 4) is 11.6 Å². The highest BCUT2D eigenvalue weighted by atomic mass is 19.4. The van der Waals surface area contributed by atoms with Crippen molar-refractivity contribution in [1.82, 2.24) is 4.98 Å². The number of carbonyl (C=O) groups is 1. The second kappa shape index (κ2) is 5.82. The van der Waals surface area contributed by atoms with Crippen molar-refractivity contribution in [2.75, 3.05) is 7.11 Å². The molecule has 0 saturated heterocycles. The quantitative estimate of drug-likeness (QED) is 0.811. The van der Waals surface area contributed by atoms with Crippen LogP contribution in [0, 0.1) is 0 Å². The van der Waals surface area contributed by atoms with Crippen LogP contribution < -0.4 is 4.74 Å². The average Bonchev–Trinajstić information content (AvgIpc) is 2.47. The number of ether oxygens (including phenoxy) is 2. The molecule has 0 radical (unpaired) electrons. The number of hydrogen-bond acceptors (Lipinski definition) is 4. The van der Waals surface area contributed by atoms with Gasteiger partial charge in [-0.1, -0.05) is 6.07 Å². The smallest absolute Gasteiger partial charge is 0.416 e. The van der Waals surface area contributed by atoms with Crippen LogP contribution in [0.1, 0.15) is 15.9 Å². The lowest BCUT2D eigenvalue weighted by atomic mass is 10.2. The maximum atomic E-state index is 12.6. The summed E-state index contributed by atoms with van der Waals surface area (Å²) in [6.45, 7) is 0. The van der Waals surface area contributed by atoms with Crippen LogP contribution in [0.2, 0.25) is 0 Å². The molecule has 21 heavy (non-hydrogen) atoms. The topological polar surface area (TPSA) is 48.4 Å². The second-order valence-corrected chi connectivity index (χ2v) is 4.00. The summed E-state index contributed by atoms with van der Waals surface area (Å²) in [5, 5.41) is 0. The van der Waals surface area contributed by atoms with Crippen molar-refractivity contribution >= 4 is 5.97 Å². The van der Waals surface area contributed by atoms with E-state index in [1.165, 1.54) is 37.6 Å². The third-order valence-electron chi connectivity index (χ3n) is 2.54. The number of halogens is 3. The molecule has 4 nitrogen and oxygen atoms in total. The Morgan fingerprint density at radius 1 is 1.19 bits per heavy atom. The minimum atomic E-state index is -4.44. The van der Waals surface area contributed by atoms with Crippen LogP contribution in [0.5, 0.6) is 11.6 Å². The van der Waals surface area contributed by atoms with E-state index in [-0.39, 0.29) is 17.2 Å². The number of esters is 1. The van der Waals surface area contributed by atoms with E-state index in [1.807, 2.05) is 0 Å². The van der Waals surface area contributed by atoms with Gasteiger partial charge < -0.3 is 9.47 Å². The van der Waals surface area contributed by atoms with Gasteiger partial charge in [0.25, 0.3) is 0 Å². The fourth-order valence-corrected chi connectivity index (χ4v) is 1.54. The predicted octanol–water partition coefficient (Wildman–Crippen LogP) is 3.68. The van der Waals surface area contributed by atoms with Gasteiger partial charge in [-0.2, -0.15) is 13.2 Å². The first-order chi connectivity index (χ1) is 9.90. The molecular weight excluding hydrogens is 287 g/mol. The van der Waals surface area contributed by atoms with Crippen LogP contribution in [0.3, 0.4) is 0 Å². The summed E-state index contributed by atoms with van der Waals surface area (Å²) in [6.07, 6.45) is -3.23. The van der Waals surface area contributed by atoms with Gasteiger partial charge in [-0.3, -0.25) is 0 Å². The van der Waals surface area contributed by atoms with Crippen LogP contribution in [0.25, 0.3) is 0 Å². The van der Waals surface area contributed by atoms with Gasteiger partial charge in [-0.15, -0.1) is 0 Å². The van der Waals surface area contributed by atoms with Gasteiger partial charge in [0, 0.05) is 12.3 Å². The highest BCUT2D eigenvalue weighted by Gasteiger charge is 2.30. The number of benzene rings is 1. The highest BCUT2D eigenvalue weighted by Crippen LogP contribution is 2.32. The first-order valence-electron chi connectivity index (χ1n) is 5.79. The molecule has 7 heteroatoms. The Morgan fingerprint density at radius 3 is 2.52 bits per heavy atom. The number of pyridine rings is 1. The van der Waals surface area contributed by atoms with Crippen molar-refractivity contribution in [2.24, 2.45) is 0 Å². The van der Waals surface area contributed by atoms with Crippen LogP contribution in [-0.4, -0.2) is 18.1 Å². The third-order valence-corrected chi connectivity index (χ3v) is 2.54. The van der Waals surface area contributed by atoms with Crippen molar-refractivity contribution in [2.45, 2.75) is 6.18 Å². The van der Waals surface area contributed by atoms with Crippen LogP contribution in [0.4, 0.5) is 13.2 Å². The van der Waals surface area contributed by atoms with Crippen LogP contribution in [-0.2, 0) is 10.9 Å². The molecule has 1 heterocycles. The molecule has 2 rings (SSSR count). The summed E-state index contributed by atoms with van der Waals surface area (Å²) in [6, 6.07) is 7.21. The summed E-state index contributed by atoms with van der Waals surface area (Å²) in [5.41, 5.74) is -0.597. The number of aromatic nitrogens is 1. The molecule has 0 aliphatic carbocycles. The van der Waals surface area contributed by atoms with E-state index in [2.05, 4.69) is 9.72 Å². The largest absolute Gasteiger partial charge is 0.465 e. The molecule has 110 valence electrons. The molecule has 1 aromatic carbocycles. The van der Waals surface area contributed by atoms with Crippen LogP contribution in [0.15, 0.2) is 42.6 Å². The SMILES string of the molecule is COC(=O)c1ccc(Oc2cccc(C(F)(F)F)c2)nc1. The zero-order chi connectivity index (χ0) is 15.5. The van der Waals surface area contributed by atoms with Gasteiger partial charge in [-0.25, -0.2) is 9.78 Å². The standard InChI is InChI=1S/C14H10F3NO3/c1-20-13(19)9-5-6-12(18-8-9)21-11-4-2-3-10(7-11)14(15,16)17/h2-8H,1H3. The highest BCUT2D eigenvalue weighted by molar-refractivity contribution is 5.88. The van der Waals surface area contributed by atoms with E-state index in [0.717, 1.165) is 12.1 Å². The molecule has 0 amide bonds. The van der Waals surface area contributed by atoms with Gasteiger partial charge in [0.2, 0.25) is 5.88 Å². The number of nitrogens with zero attached hydrogens (tertiary/aromatic N) is 1. The third kappa shape index (κ3) is 3.71. The Labute approximate surface area is 118 Å². The van der Waals surface area contributed by atoms with E-state index in [0.29, 0.717) is 0 Å². The summed E-state index contributed by atoms with van der Waals surface area (Å²) in [5.74, 6) is -0.488. The predicted molar refractivity (Wildman–Crippen MR) is 67.1 cm³/mol. The average molecular weight is 297 g/mol. The Morgan fingerprint density at radius 2 is 1.95 bits per heavy atom. The van der Waals surface area contributed by atoms with Crippen molar-refractivity contribution in [3.05, 3.63) is 53.7 Å². The Bertz CT molecular complexity index is 639. The minimum Gasteiger partial charge on any atom is -0.465 e. The Balaban J connectivity index is 2.17. The van der Waals surface area contributed by atoms with Gasteiger partial charge in [0.15, 0.2) is 0 Å². The molecule has 0 saturated carbocycles. The molecule has 0 aliphatic heterocycles. The maximum absolute atomic E-state index is 12.6. The van der Waals surface area contributed by atoms with Crippen molar-refractivity contribution in [3.63, 3.8) is 0 Å². The molecule has 0 spiro atoms. The normalized spacial score (nSPS) is 11.0. The van der Waals surface area contributed by atoms with E-state index >= 15 is 0 Å². The van der Waals surface area contributed by atoms with E-state index in [9.17, 15) is 18.0 Å².